The predicted octanol–water partition coefficient (Wildman–Crippen LogP) is 0.642. The van der Waals surface area contributed by atoms with Gasteiger partial charge in [0.25, 0.3) is 0 Å². The van der Waals surface area contributed by atoms with Crippen molar-refractivity contribution in [2.45, 2.75) is 19.3 Å². The highest BCUT2D eigenvalue weighted by Gasteiger charge is 2.23. The summed E-state index contributed by atoms with van der Waals surface area (Å²) in [6.45, 7) is 3.87. The third-order valence-corrected chi connectivity index (χ3v) is 2.37. The standard InChI is InChI=1S/C8H13N3O/c1-5-7(9)8(12-11-5)6-2-3-10-4-6/h6,10H,2-4,9H2,1H3. The Balaban J connectivity index is 2.26. The van der Waals surface area contributed by atoms with Gasteiger partial charge in [0.1, 0.15) is 5.69 Å². The van der Waals surface area contributed by atoms with Gasteiger partial charge in [-0.25, -0.2) is 0 Å². The minimum absolute atomic E-state index is 0.422. The molecule has 0 saturated carbocycles. The fourth-order valence-corrected chi connectivity index (χ4v) is 1.57. The summed E-state index contributed by atoms with van der Waals surface area (Å²) in [6, 6.07) is 0. The second-order valence-electron chi connectivity index (χ2n) is 3.24. The molecule has 1 aliphatic heterocycles. The first kappa shape index (κ1) is 7.61. The molecule has 1 aromatic heterocycles. The van der Waals surface area contributed by atoms with Gasteiger partial charge in [-0.05, 0) is 19.9 Å². The summed E-state index contributed by atoms with van der Waals surface area (Å²) in [5, 5.41) is 7.10. The first-order valence-electron chi connectivity index (χ1n) is 4.21. The van der Waals surface area contributed by atoms with Crippen molar-refractivity contribution in [2.24, 2.45) is 0 Å². The summed E-state index contributed by atoms with van der Waals surface area (Å²) in [7, 11) is 0. The average Bonchev–Trinajstić information content (AvgIpc) is 2.64. The maximum Gasteiger partial charge on any atom is 0.164 e. The van der Waals surface area contributed by atoms with Gasteiger partial charge in [-0.3, -0.25) is 0 Å². The van der Waals surface area contributed by atoms with Crippen molar-refractivity contribution >= 4 is 5.69 Å². The van der Waals surface area contributed by atoms with Crippen LogP contribution in [0.15, 0.2) is 4.52 Å². The molecule has 1 aliphatic rings. The molecule has 1 unspecified atom stereocenters. The lowest BCUT2D eigenvalue weighted by atomic mass is 10.0. The zero-order valence-corrected chi connectivity index (χ0v) is 7.13. The minimum Gasteiger partial charge on any atom is -0.394 e. The smallest absolute Gasteiger partial charge is 0.164 e. The molecule has 4 nitrogen and oxygen atoms in total. The van der Waals surface area contributed by atoms with Gasteiger partial charge in [0.05, 0.1) is 5.69 Å². The summed E-state index contributed by atoms with van der Waals surface area (Å²) in [5.41, 5.74) is 7.33. The van der Waals surface area contributed by atoms with Crippen LogP contribution in [0.1, 0.15) is 23.8 Å². The van der Waals surface area contributed by atoms with Crippen molar-refractivity contribution in [1.82, 2.24) is 10.5 Å². The Kier molecular flexibility index (Phi) is 1.77. The van der Waals surface area contributed by atoms with E-state index in [1.807, 2.05) is 6.92 Å². The van der Waals surface area contributed by atoms with E-state index in [1.54, 1.807) is 0 Å². The number of aromatic nitrogens is 1. The number of nitrogen functional groups attached to an aromatic ring is 1. The number of nitrogens with one attached hydrogen (secondary N) is 1. The van der Waals surface area contributed by atoms with Crippen LogP contribution in [0.4, 0.5) is 5.69 Å². The van der Waals surface area contributed by atoms with Crippen LogP contribution in [-0.2, 0) is 0 Å². The molecule has 0 radical (unpaired) electrons. The Labute approximate surface area is 71.1 Å². The highest BCUT2D eigenvalue weighted by atomic mass is 16.5. The first-order valence-corrected chi connectivity index (χ1v) is 4.21. The fraction of sp³-hybridized carbons (Fsp3) is 0.625. The SMILES string of the molecule is Cc1noc(C2CCNC2)c1N. The molecule has 1 atom stereocenters. The van der Waals surface area contributed by atoms with Gasteiger partial charge in [0.2, 0.25) is 0 Å². The van der Waals surface area contributed by atoms with Gasteiger partial charge in [0, 0.05) is 12.5 Å². The molecule has 12 heavy (non-hydrogen) atoms. The Morgan fingerprint density at radius 1 is 1.67 bits per heavy atom. The Hall–Kier alpha value is -1.03. The highest BCUT2D eigenvalue weighted by molar-refractivity contribution is 5.47. The monoisotopic (exact) mass is 167 g/mol. The first-order chi connectivity index (χ1) is 5.79. The molecular weight excluding hydrogens is 154 g/mol. The van der Waals surface area contributed by atoms with Gasteiger partial charge in [-0.2, -0.15) is 0 Å². The van der Waals surface area contributed by atoms with E-state index in [2.05, 4.69) is 10.5 Å². The van der Waals surface area contributed by atoms with E-state index < -0.39 is 0 Å². The van der Waals surface area contributed by atoms with E-state index >= 15 is 0 Å². The van der Waals surface area contributed by atoms with Crippen molar-refractivity contribution in [3.05, 3.63) is 11.5 Å². The van der Waals surface area contributed by atoms with Crippen LogP contribution in [0.2, 0.25) is 0 Å². The van der Waals surface area contributed by atoms with Crippen molar-refractivity contribution < 1.29 is 4.52 Å². The van der Waals surface area contributed by atoms with Gasteiger partial charge in [-0.15, -0.1) is 0 Å². The van der Waals surface area contributed by atoms with E-state index in [0.717, 1.165) is 36.7 Å². The zero-order valence-electron chi connectivity index (χ0n) is 7.13. The molecule has 66 valence electrons. The van der Waals surface area contributed by atoms with Crippen LogP contribution >= 0.6 is 0 Å². The quantitative estimate of drug-likeness (QED) is 0.644. The minimum atomic E-state index is 0.422. The Morgan fingerprint density at radius 3 is 3.00 bits per heavy atom. The van der Waals surface area contributed by atoms with Crippen molar-refractivity contribution in [3.8, 4) is 0 Å². The second kappa shape index (κ2) is 2.79. The van der Waals surface area contributed by atoms with E-state index in [0.29, 0.717) is 5.92 Å². The molecule has 1 saturated heterocycles. The lowest BCUT2D eigenvalue weighted by Crippen LogP contribution is -2.08. The molecule has 0 spiro atoms. The summed E-state index contributed by atoms with van der Waals surface area (Å²) >= 11 is 0. The van der Waals surface area contributed by atoms with Gasteiger partial charge >= 0.3 is 0 Å². The largest absolute Gasteiger partial charge is 0.394 e. The molecule has 0 aromatic carbocycles. The number of hydrogen-bond acceptors (Lipinski definition) is 4. The maximum atomic E-state index is 5.80. The Bertz CT molecular complexity index is 276. The van der Waals surface area contributed by atoms with Crippen LogP contribution in [-0.4, -0.2) is 18.2 Å². The number of hydrogen-bond donors (Lipinski definition) is 2. The van der Waals surface area contributed by atoms with Gasteiger partial charge in [-0.1, -0.05) is 5.16 Å². The summed E-state index contributed by atoms with van der Waals surface area (Å²) in [4.78, 5) is 0. The van der Waals surface area contributed by atoms with Gasteiger partial charge < -0.3 is 15.6 Å². The predicted molar refractivity (Wildman–Crippen MR) is 45.9 cm³/mol. The third kappa shape index (κ3) is 1.08. The van der Waals surface area contributed by atoms with E-state index in [9.17, 15) is 0 Å². The van der Waals surface area contributed by atoms with Crippen molar-refractivity contribution in [3.63, 3.8) is 0 Å². The summed E-state index contributed by atoms with van der Waals surface area (Å²) in [6.07, 6.45) is 1.10. The van der Waals surface area contributed by atoms with E-state index in [4.69, 9.17) is 10.3 Å². The molecule has 2 rings (SSSR count). The number of aryl methyl sites for hydroxylation is 1. The van der Waals surface area contributed by atoms with Crippen LogP contribution in [0, 0.1) is 6.92 Å². The lowest BCUT2D eigenvalue weighted by molar-refractivity contribution is 0.363. The number of nitrogens with zero attached hydrogens (tertiary/aromatic N) is 1. The molecule has 0 aliphatic carbocycles. The molecule has 4 heteroatoms. The molecule has 0 bridgehead atoms. The number of nitrogens with two attached hydrogens (primary N) is 1. The summed E-state index contributed by atoms with van der Waals surface area (Å²) < 4.78 is 5.16. The number of anilines is 1. The topological polar surface area (TPSA) is 64.1 Å². The molecule has 1 fully saturated rings. The molecule has 1 aromatic rings. The van der Waals surface area contributed by atoms with Crippen LogP contribution in [0.25, 0.3) is 0 Å². The normalized spacial score (nSPS) is 23.2. The van der Waals surface area contributed by atoms with E-state index in [-0.39, 0.29) is 0 Å². The Morgan fingerprint density at radius 2 is 2.50 bits per heavy atom. The zero-order chi connectivity index (χ0) is 8.55. The molecular formula is C8H13N3O. The van der Waals surface area contributed by atoms with Crippen molar-refractivity contribution in [2.75, 3.05) is 18.8 Å². The maximum absolute atomic E-state index is 5.80. The van der Waals surface area contributed by atoms with Crippen LogP contribution in [0.5, 0.6) is 0 Å². The third-order valence-electron chi connectivity index (χ3n) is 2.37. The highest BCUT2D eigenvalue weighted by Crippen LogP contribution is 2.28. The number of rotatable bonds is 1. The van der Waals surface area contributed by atoms with E-state index in [1.165, 1.54) is 0 Å². The fourth-order valence-electron chi connectivity index (χ4n) is 1.57. The lowest BCUT2D eigenvalue weighted by Gasteiger charge is -2.02. The van der Waals surface area contributed by atoms with Gasteiger partial charge in [0.15, 0.2) is 5.76 Å². The molecule has 0 amide bonds. The van der Waals surface area contributed by atoms with Crippen molar-refractivity contribution in [1.29, 1.82) is 0 Å². The summed E-state index contributed by atoms with van der Waals surface area (Å²) in [5.74, 6) is 1.28. The second-order valence-corrected chi connectivity index (χ2v) is 3.24. The molecule has 2 heterocycles. The van der Waals surface area contributed by atoms with Crippen LogP contribution < -0.4 is 11.1 Å². The van der Waals surface area contributed by atoms with Crippen LogP contribution in [0.3, 0.4) is 0 Å². The average molecular weight is 167 g/mol. The molecule has 3 N–H and O–H groups in total.